The standard InChI is InChI=1S/C13H20N2/c1-11(2)13(9-5-6-10-13)15-14-12-7-3-4-8-12/h5,7,9,11H,3-4,6,8,10H2,1-2H3. The Bertz CT molecular complexity index is 312. The van der Waals surface area contributed by atoms with Gasteiger partial charge in [0, 0.05) is 0 Å². The van der Waals surface area contributed by atoms with Crippen molar-refractivity contribution in [1.29, 1.82) is 0 Å². The fourth-order valence-electron chi connectivity index (χ4n) is 2.27. The summed E-state index contributed by atoms with van der Waals surface area (Å²) >= 11 is 0. The molecule has 0 radical (unpaired) electrons. The van der Waals surface area contributed by atoms with E-state index >= 15 is 0 Å². The number of rotatable bonds is 3. The first-order valence-electron chi connectivity index (χ1n) is 6.02. The lowest BCUT2D eigenvalue weighted by Crippen LogP contribution is -2.27. The molecule has 2 aliphatic rings. The lowest BCUT2D eigenvalue weighted by Gasteiger charge is -2.25. The average Bonchev–Trinajstić information content (AvgIpc) is 2.87. The van der Waals surface area contributed by atoms with Gasteiger partial charge in [-0.05, 0) is 38.0 Å². The third-order valence-electron chi connectivity index (χ3n) is 3.50. The average molecular weight is 204 g/mol. The first-order chi connectivity index (χ1) is 7.23. The molecule has 2 rings (SSSR count). The topological polar surface area (TPSA) is 24.7 Å². The molecule has 0 aromatic carbocycles. The van der Waals surface area contributed by atoms with Crippen LogP contribution in [0, 0.1) is 5.92 Å². The van der Waals surface area contributed by atoms with E-state index < -0.39 is 0 Å². The smallest absolute Gasteiger partial charge is 0.103 e. The lowest BCUT2D eigenvalue weighted by molar-refractivity contribution is 0.365. The van der Waals surface area contributed by atoms with Gasteiger partial charge in [-0.2, -0.15) is 10.2 Å². The minimum absolute atomic E-state index is 0.0105. The van der Waals surface area contributed by atoms with Crippen LogP contribution in [0.15, 0.2) is 34.2 Å². The van der Waals surface area contributed by atoms with Crippen molar-refractivity contribution in [3.05, 3.63) is 23.9 Å². The van der Waals surface area contributed by atoms with E-state index in [4.69, 9.17) is 0 Å². The summed E-state index contributed by atoms with van der Waals surface area (Å²) in [6.07, 6.45) is 12.5. The highest BCUT2D eigenvalue weighted by Gasteiger charge is 2.33. The second-order valence-corrected chi connectivity index (χ2v) is 4.87. The molecule has 0 saturated carbocycles. The van der Waals surface area contributed by atoms with Crippen LogP contribution in [0.3, 0.4) is 0 Å². The second-order valence-electron chi connectivity index (χ2n) is 4.87. The van der Waals surface area contributed by atoms with Gasteiger partial charge >= 0.3 is 0 Å². The van der Waals surface area contributed by atoms with E-state index in [0.29, 0.717) is 5.92 Å². The fraction of sp³-hybridized carbons (Fsp3) is 0.692. The molecule has 0 spiro atoms. The summed E-state index contributed by atoms with van der Waals surface area (Å²) in [6, 6.07) is 0. The minimum Gasteiger partial charge on any atom is -0.178 e. The Morgan fingerprint density at radius 2 is 2.20 bits per heavy atom. The van der Waals surface area contributed by atoms with E-state index in [0.717, 1.165) is 19.3 Å². The fourth-order valence-corrected chi connectivity index (χ4v) is 2.27. The third kappa shape index (κ3) is 2.19. The Labute approximate surface area is 92.2 Å². The van der Waals surface area contributed by atoms with Gasteiger partial charge < -0.3 is 0 Å². The molecule has 2 aliphatic carbocycles. The number of hydrogen-bond donors (Lipinski definition) is 0. The number of allylic oxidation sites excluding steroid dienone is 3. The monoisotopic (exact) mass is 204 g/mol. The zero-order valence-corrected chi connectivity index (χ0v) is 9.74. The Morgan fingerprint density at radius 1 is 1.33 bits per heavy atom. The molecule has 0 fully saturated rings. The maximum atomic E-state index is 4.61. The van der Waals surface area contributed by atoms with Crippen LogP contribution in [-0.4, -0.2) is 5.54 Å². The molecule has 0 aliphatic heterocycles. The molecule has 0 aromatic heterocycles. The van der Waals surface area contributed by atoms with E-state index in [9.17, 15) is 0 Å². The van der Waals surface area contributed by atoms with E-state index in [1.807, 2.05) is 0 Å². The summed E-state index contributed by atoms with van der Waals surface area (Å²) in [7, 11) is 0. The van der Waals surface area contributed by atoms with Crippen molar-refractivity contribution in [3.63, 3.8) is 0 Å². The van der Waals surface area contributed by atoms with Gasteiger partial charge in [0.1, 0.15) is 5.54 Å². The van der Waals surface area contributed by atoms with Crippen molar-refractivity contribution in [2.24, 2.45) is 16.1 Å². The Balaban J connectivity index is 2.10. The molecule has 82 valence electrons. The van der Waals surface area contributed by atoms with Gasteiger partial charge in [-0.1, -0.05) is 32.1 Å². The lowest BCUT2D eigenvalue weighted by atomic mass is 9.87. The van der Waals surface area contributed by atoms with E-state index in [1.165, 1.54) is 18.5 Å². The molecule has 2 nitrogen and oxygen atoms in total. The molecule has 15 heavy (non-hydrogen) atoms. The number of hydrogen-bond acceptors (Lipinski definition) is 2. The van der Waals surface area contributed by atoms with Gasteiger partial charge in [-0.3, -0.25) is 0 Å². The molecular formula is C13H20N2. The van der Waals surface area contributed by atoms with Crippen LogP contribution in [0.1, 0.15) is 46.0 Å². The first kappa shape index (κ1) is 10.6. The van der Waals surface area contributed by atoms with E-state index in [2.05, 4.69) is 42.3 Å². The maximum absolute atomic E-state index is 4.61. The zero-order chi connectivity index (χ0) is 10.7. The van der Waals surface area contributed by atoms with Gasteiger partial charge in [-0.25, -0.2) is 0 Å². The predicted octanol–water partition coefficient (Wildman–Crippen LogP) is 4.25. The Hall–Kier alpha value is -0.920. The molecule has 0 amide bonds. The number of azo groups is 1. The highest BCUT2D eigenvalue weighted by atomic mass is 15.2. The van der Waals surface area contributed by atoms with Gasteiger partial charge in [0.15, 0.2) is 0 Å². The Morgan fingerprint density at radius 3 is 2.73 bits per heavy atom. The Kier molecular flexibility index (Phi) is 3.03. The van der Waals surface area contributed by atoms with Crippen LogP contribution in [0.5, 0.6) is 0 Å². The SMILES string of the molecule is CC(C)C1(N=NC2=CCCC2)C=CCC1. The third-order valence-corrected chi connectivity index (χ3v) is 3.50. The maximum Gasteiger partial charge on any atom is 0.103 e. The van der Waals surface area contributed by atoms with E-state index in [-0.39, 0.29) is 5.54 Å². The zero-order valence-electron chi connectivity index (χ0n) is 9.74. The normalized spacial score (nSPS) is 30.7. The van der Waals surface area contributed by atoms with Crippen molar-refractivity contribution in [3.8, 4) is 0 Å². The van der Waals surface area contributed by atoms with Gasteiger partial charge in [0.05, 0.1) is 5.70 Å². The summed E-state index contributed by atoms with van der Waals surface area (Å²) in [5, 5.41) is 9.04. The quantitative estimate of drug-likeness (QED) is 0.485. The molecular weight excluding hydrogens is 184 g/mol. The predicted molar refractivity (Wildman–Crippen MR) is 62.7 cm³/mol. The van der Waals surface area contributed by atoms with Crippen LogP contribution < -0.4 is 0 Å². The highest BCUT2D eigenvalue weighted by molar-refractivity contribution is 5.15. The minimum atomic E-state index is -0.0105. The van der Waals surface area contributed by atoms with Gasteiger partial charge in [-0.15, -0.1) is 0 Å². The largest absolute Gasteiger partial charge is 0.178 e. The van der Waals surface area contributed by atoms with Crippen molar-refractivity contribution < 1.29 is 0 Å². The molecule has 2 heteroatoms. The number of nitrogens with zero attached hydrogens (tertiary/aromatic N) is 2. The van der Waals surface area contributed by atoms with Crippen molar-refractivity contribution in [2.75, 3.05) is 0 Å². The molecule has 0 saturated heterocycles. The van der Waals surface area contributed by atoms with Crippen LogP contribution in [-0.2, 0) is 0 Å². The van der Waals surface area contributed by atoms with Crippen molar-refractivity contribution in [2.45, 2.75) is 51.5 Å². The van der Waals surface area contributed by atoms with Crippen molar-refractivity contribution in [1.82, 2.24) is 0 Å². The molecule has 0 heterocycles. The summed E-state index contributed by atoms with van der Waals surface area (Å²) < 4.78 is 0. The van der Waals surface area contributed by atoms with Crippen LogP contribution in [0.2, 0.25) is 0 Å². The highest BCUT2D eigenvalue weighted by Crippen LogP contribution is 2.35. The molecule has 1 atom stereocenters. The van der Waals surface area contributed by atoms with E-state index in [1.54, 1.807) is 0 Å². The molecule has 0 N–H and O–H groups in total. The van der Waals surface area contributed by atoms with Crippen LogP contribution >= 0.6 is 0 Å². The molecule has 1 unspecified atom stereocenters. The van der Waals surface area contributed by atoms with Crippen molar-refractivity contribution >= 4 is 0 Å². The first-order valence-corrected chi connectivity index (χ1v) is 6.02. The summed E-state index contributed by atoms with van der Waals surface area (Å²) in [4.78, 5) is 0. The van der Waals surface area contributed by atoms with Crippen LogP contribution in [0.25, 0.3) is 0 Å². The summed E-state index contributed by atoms with van der Waals surface area (Å²) in [5.74, 6) is 0.544. The molecule has 0 bridgehead atoms. The molecule has 0 aromatic rings. The van der Waals surface area contributed by atoms with Gasteiger partial charge in [0.2, 0.25) is 0 Å². The summed E-state index contributed by atoms with van der Waals surface area (Å²) in [5.41, 5.74) is 1.18. The summed E-state index contributed by atoms with van der Waals surface area (Å²) in [6.45, 7) is 4.47. The van der Waals surface area contributed by atoms with Crippen LogP contribution in [0.4, 0.5) is 0 Å². The van der Waals surface area contributed by atoms with Gasteiger partial charge in [0.25, 0.3) is 0 Å². The second kappa shape index (κ2) is 4.30.